The van der Waals surface area contributed by atoms with E-state index in [4.69, 9.17) is 22.0 Å². The van der Waals surface area contributed by atoms with Gasteiger partial charge in [-0.25, -0.2) is 0 Å². The third-order valence-electron chi connectivity index (χ3n) is 5.31. The summed E-state index contributed by atoms with van der Waals surface area (Å²) in [5, 5.41) is 14.4. The Kier molecular flexibility index (Phi) is 6.30. The summed E-state index contributed by atoms with van der Waals surface area (Å²) < 4.78 is 2.10. The Morgan fingerprint density at radius 1 is 1.10 bits per heavy atom. The second-order valence-electron chi connectivity index (χ2n) is 7.29. The molecule has 3 rings (SSSR count). The minimum absolute atomic E-state index is 0.477. The maximum atomic E-state index is 9.16. The Labute approximate surface area is 178 Å². The highest BCUT2D eigenvalue weighted by Gasteiger charge is 2.17. The van der Waals surface area contributed by atoms with E-state index in [-0.39, 0.29) is 0 Å². The van der Waals surface area contributed by atoms with Crippen LogP contribution in [0.15, 0.2) is 36.4 Å². The molecule has 3 aromatic rings. The third kappa shape index (κ3) is 4.02. The summed E-state index contributed by atoms with van der Waals surface area (Å²) >= 11 is 6.30. The van der Waals surface area contributed by atoms with Gasteiger partial charge >= 0.3 is 0 Å². The number of hydrogen-bond donors (Lipinski definition) is 0. The fourth-order valence-electron chi connectivity index (χ4n) is 3.85. The van der Waals surface area contributed by atoms with Gasteiger partial charge in [-0.1, -0.05) is 30.7 Å². The van der Waals surface area contributed by atoms with E-state index in [0.717, 1.165) is 36.6 Å². The van der Waals surface area contributed by atoms with Crippen LogP contribution < -0.4 is 4.90 Å². The zero-order chi connectivity index (χ0) is 21.1. The molecular weight excluding hydrogens is 380 g/mol. The number of benzene rings is 2. The van der Waals surface area contributed by atoms with Gasteiger partial charge in [-0.3, -0.25) is 4.68 Å². The van der Waals surface area contributed by atoms with E-state index in [2.05, 4.69) is 68.5 Å². The van der Waals surface area contributed by atoms with Gasteiger partial charge in [0.2, 0.25) is 0 Å². The summed E-state index contributed by atoms with van der Waals surface area (Å²) in [6.07, 6.45) is 1.06. The number of aryl methyl sites for hydroxylation is 3. The van der Waals surface area contributed by atoms with Gasteiger partial charge in [-0.15, -0.1) is 0 Å². The molecule has 4 nitrogen and oxygen atoms in total. The van der Waals surface area contributed by atoms with Crippen molar-refractivity contribution in [3.05, 3.63) is 63.9 Å². The maximum absolute atomic E-state index is 9.16. The summed E-state index contributed by atoms with van der Waals surface area (Å²) in [6, 6.07) is 14.3. The minimum atomic E-state index is 0.477. The van der Waals surface area contributed by atoms with Gasteiger partial charge in [0.25, 0.3) is 0 Å². The molecule has 0 saturated heterocycles. The fraction of sp³-hybridized carbons (Fsp3) is 0.333. The summed E-state index contributed by atoms with van der Waals surface area (Å²) in [5.41, 5.74) is 8.41. The van der Waals surface area contributed by atoms with Gasteiger partial charge in [0.1, 0.15) is 6.07 Å². The van der Waals surface area contributed by atoms with Crippen molar-refractivity contribution in [2.75, 3.05) is 11.4 Å². The second kappa shape index (κ2) is 8.71. The molecule has 2 aromatic carbocycles. The molecule has 0 radical (unpaired) electrons. The van der Waals surface area contributed by atoms with Gasteiger partial charge < -0.3 is 4.90 Å². The Hall–Kier alpha value is -2.77. The highest BCUT2D eigenvalue weighted by Crippen LogP contribution is 2.36. The molecule has 0 amide bonds. The zero-order valence-electron chi connectivity index (χ0n) is 17.8. The monoisotopic (exact) mass is 406 g/mol. The van der Waals surface area contributed by atoms with E-state index >= 15 is 0 Å². The molecule has 0 N–H and O–H groups in total. The number of halogens is 1. The molecule has 0 aliphatic carbocycles. The molecule has 0 saturated carbocycles. The smallest absolute Gasteiger partial charge is 0.101 e. The SMILES string of the molecule is CCCn1nc(C)c(-c2ccc(C)c(N(CC)c3ccc(C#N)c(Cl)c3)c2)c1C. The fourth-order valence-corrected chi connectivity index (χ4v) is 4.07. The first-order chi connectivity index (χ1) is 13.9. The average molecular weight is 407 g/mol. The topological polar surface area (TPSA) is 44.9 Å². The van der Waals surface area contributed by atoms with E-state index in [1.165, 1.54) is 22.4 Å². The van der Waals surface area contributed by atoms with E-state index in [0.29, 0.717) is 10.6 Å². The van der Waals surface area contributed by atoms with Gasteiger partial charge in [0.15, 0.2) is 0 Å². The van der Waals surface area contributed by atoms with Crippen molar-refractivity contribution in [1.82, 2.24) is 9.78 Å². The van der Waals surface area contributed by atoms with Crippen LogP contribution in [0.5, 0.6) is 0 Å². The van der Waals surface area contributed by atoms with Crippen LogP contribution in [-0.4, -0.2) is 16.3 Å². The number of aromatic nitrogens is 2. The summed E-state index contributed by atoms with van der Waals surface area (Å²) in [4.78, 5) is 2.23. The molecule has 0 spiro atoms. The molecule has 0 atom stereocenters. The van der Waals surface area contributed by atoms with Crippen LogP contribution in [0.4, 0.5) is 11.4 Å². The molecule has 0 bridgehead atoms. The minimum Gasteiger partial charge on any atom is -0.341 e. The maximum Gasteiger partial charge on any atom is 0.101 e. The lowest BCUT2D eigenvalue weighted by Gasteiger charge is -2.26. The summed E-state index contributed by atoms with van der Waals surface area (Å²) in [6.45, 7) is 12.3. The van der Waals surface area contributed by atoms with Crippen LogP contribution >= 0.6 is 11.6 Å². The van der Waals surface area contributed by atoms with E-state index in [1.807, 2.05) is 12.1 Å². The predicted molar refractivity (Wildman–Crippen MR) is 121 cm³/mol. The number of hydrogen-bond acceptors (Lipinski definition) is 3. The van der Waals surface area contributed by atoms with Crippen LogP contribution in [0.1, 0.15) is 42.8 Å². The summed E-state index contributed by atoms with van der Waals surface area (Å²) in [5.74, 6) is 0. The number of nitrogens with zero attached hydrogens (tertiary/aromatic N) is 4. The first-order valence-corrected chi connectivity index (χ1v) is 10.4. The second-order valence-corrected chi connectivity index (χ2v) is 7.70. The highest BCUT2D eigenvalue weighted by atomic mass is 35.5. The lowest BCUT2D eigenvalue weighted by molar-refractivity contribution is 0.583. The largest absolute Gasteiger partial charge is 0.341 e. The van der Waals surface area contributed by atoms with Crippen molar-refractivity contribution in [3.63, 3.8) is 0 Å². The molecule has 0 aliphatic heterocycles. The standard InChI is InChI=1S/C24H27ClN4/c1-6-12-29-18(5)24(17(4)27-29)19-9-8-16(3)23(13-19)28(7-2)21-11-10-20(15-26)22(25)14-21/h8-11,13-14H,6-7,12H2,1-5H3. The van der Waals surface area contributed by atoms with Gasteiger partial charge in [-0.05, 0) is 69.5 Å². The molecule has 150 valence electrons. The molecule has 29 heavy (non-hydrogen) atoms. The first-order valence-electron chi connectivity index (χ1n) is 10.0. The number of nitriles is 1. The van der Waals surface area contributed by atoms with Crippen LogP contribution in [0.3, 0.4) is 0 Å². The van der Waals surface area contributed by atoms with Crippen molar-refractivity contribution in [2.24, 2.45) is 0 Å². The predicted octanol–water partition coefficient (Wildman–Crippen LogP) is 6.57. The highest BCUT2D eigenvalue weighted by molar-refractivity contribution is 6.32. The van der Waals surface area contributed by atoms with Crippen molar-refractivity contribution in [3.8, 4) is 17.2 Å². The van der Waals surface area contributed by atoms with E-state index in [1.54, 1.807) is 6.07 Å². The van der Waals surface area contributed by atoms with Crippen LogP contribution in [0.2, 0.25) is 5.02 Å². The third-order valence-corrected chi connectivity index (χ3v) is 5.62. The van der Waals surface area contributed by atoms with E-state index in [9.17, 15) is 0 Å². The molecular formula is C24H27ClN4. The Bertz CT molecular complexity index is 1080. The van der Waals surface area contributed by atoms with Crippen molar-refractivity contribution < 1.29 is 0 Å². The normalized spacial score (nSPS) is 10.8. The van der Waals surface area contributed by atoms with Crippen LogP contribution in [0, 0.1) is 32.1 Å². The quantitative estimate of drug-likeness (QED) is 0.465. The Balaban J connectivity index is 2.10. The zero-order valence-corrected chi connectivity index (χ0v) is 18.5. The molecule has 0 fully saturated rings. The summed E-state index contributed by atoms with van der Waals surface area (Å²) in [7, 11) is 0. The molecule has 1 heterocycles. The molecule has 0 unspecified atom stereocenters. The van der Waals surface area contributed by atoms with Crippen molar-refractivity contribution in [1.29, 1.82) is 5.26 Å². The Morgan fingerprint density at radius 2 is 1.86 bits per heavy atom. The number of anilines is 2. The number of rotatable bonds is 6. The first kappa shape index (κ1) is 21.0. The van der Waals surface area contributed by atoms with Crippen molar-refractivity contribution in [2.45, 2.75) is 47.6 Å². The Morgan fingerprint density at radius 3 is 2.48 bits per heavy atom. The van der Waals surface area contributed by atoms with Crippen molar-refractivity contribution >= 4 is 23.0 Å². The molecule has 5 heteroatoms. The van der Waals surface area contributed by atoms with Gasteiger partial charge in [-0.2, -0.15) is 10.4 Å². The van der Waals surface area contributed by atoms with E-state index < -0.39 is 0 Å². The van der Waals surface area contributed by atoms with Gasteiger partial charge in [0, 0.05) is 35.7 Å². The molecule has 0 aliphatic rings. The van der Waals surface area contributed by atoms with Gasteiger partial charge in [0.05, 0.1) is 16.3 Å². The van der Waals surface area contributed by atoms with Crippen LogP contribution in [0.25, 0.3) is 11.1 Å². The lowest BCUT2D eigenvalue weighted by atomic mass is 10.00. The molecule has 1 aromatic heterocycles. The van der Waals surface area contributed by atoms with Crippen LogP contribution in [-0.2, 0) is 6.54 Å². The average Bonchev–Trinajstić information content (AvgIpc) is 2.98. The lowest BCUT2D eigenvalue weighted by Crippen LogP contribution is -2.17.